The smallest absolute Gasteiger partial charge is 0.351 e. The fourth-order valence-corrected chi connectivity index (χ4v) is 2.97. The maximum Gasteiger partial charge on any atom is 0.355 e. The molecule has 1 aromatic heterocycles. The lowest BCUT2D eigenvalue weighted by Crippen LogP contribution is -2.35. The third kappa shape index (κ3) is 4.30. The number of aromatic nitrogens is 2. The van der Waals surface area contributed by atoms with Crippen LogP contribution in [-0.4, -0.2) is 33.9 Å². The third-order valence-corrected chi connectivity index (χ3v) is 4.68. The Labute approximate surface area is 156 Å². The van der Waals surface area contributed by atoms with Crippen molar-refractivity contribution < 1.29 is 9.72 Å². The zero-order valence-corrected chi connectivity index (χ0v) is 15.3. The van der Waals surface area contributed by atoms with Crippen molar-refractivity contribution >= 4 is 23.2 Å². The fraction of sp³-hybridized carbons (Fsp3) is 0.389. The van der Waals surface area contributed by atoms with Crippen LogP contribution in [0.25, 0.3) is 0 Å². The van der Waals surface area contributed by atoms with Gasteiger partial charge in [-0.05, 0) is 37.8 Å². The van der Waals surface area contributed by atoms with Gasteiger partial charge in [-0.15, -0.1) is 0 Å². The molecule has 1 fully saturated rings. The van der Waals surface area contributed by atoms with E-state index in [0.717, 1.165) is 18.4 Å². The van der Waals surface area contributed by atoms with Gasteiger partial charge in [-0.3, -0.25) is 25.8 Å². The Morgan fingerprint density at radius 2 is 1.89 bits per heavy atom. The summed E-state index contributed by atoms with van der Waals surface area (Å²) in [4.78, 5) is 33.3. The first-order chi connectivity index (χ1) is 13.0. The average molecular weight is 370 g/mol. The second-order valence-electron chi connectivity index (χ2n) is 6.77. The molecular formula is C18H22N6O3. The van der Waals surface area contributed by atoms with Gasteiger partial charge < -0.3 is 4.90 Å². The Hall–Kier alpha value is -3.23. The zero-order chi connectivity index (χ0) is 19.4. The van der Waals surface area contributed by atoms with E-state index in [1.807, 2.05) is 24.0 Å². The van der Waals surface area contributed by atoms with Crippen molar-refractivity contribution in [3.8, 4) is 0 Å². The van der Waals surface area contributed by atoms with Gasteiger partial charge in [0.05, 0.1) is 4.92 Å². The Kier molecular flexibility index (Phi) is 5.49. The van der Waals surface area contributed by atoms with Crippen molar-refractivity contribution in [1.82, 2.24) is 15.4 Å². The molecule has 0 saturated carbocycles. The summed E-state index contributed by atoms with van der Waals surface area (Å²) in [7, 11) is 0. The van der Waals surface area contributed by atoms with Crippen LogP contribution in [0.5, 0.6) is 0 Å². The summed E-state index contributed by atoms with van der Waals surface area (Å²) in [5.74, 6) is 0.419. The van der Waals surface area contributed by atoms with Crippen LogP contribution in [0.15, 0.2) is 30.6 Å². The number of hydrogen-bond acceptors (Lipinski definition) is 7. The Morgan fingerprint density at radius 1 is 1.22 bits per heavy atom. The summed E-state index contributed by atoms with van der Waals surface area (Å²) in [5, 5.41) is 11.6. The number of carbonyl (C=O) groups is 1. The molecule has 0 spiro atoms. The van der Waals surface area contributed by atoms with Crippen LogP contribution >= 0.6 is 0 Å². The number of hydrazine groups is 1. The van der Waals surface area contributed by atoms with E-state index < -0.39 is 10.8 Å². The Bertz CT molecular complexity index is 831. The maximum absolute atomic E-state index is 12.2. The van der Waals surface area contributed by atoms with Crippen molar-refractivity contribution in [2.75, 3.05) is 23.4 Å². The molecule has 0 aliphatic carbocycles. The molecule has 2 N–H and O–H groups in total. The van der Waals surface area contributed by atoms with Crippen LogP contribution in [0, 0.1) is 23.0 Å². The Balaban J connectivity index is 1.78. The van der Waals surface area contributed by atoms with Gasteiger partial charge in [-0.25, -0.2) is 9.97 Å². The highest BCUT2D eigenvalue weighted by Gasteiger charge is 2.29. The van der Waals surface area contributed by atoms with Gasteiger partial charge in [0.2, 0.25) is 11.6 Å². The summed E-state index contributed by atoms with van der Waals surface area (Å²) >= 11 is 0. The largest absolute Gasteiger partial charge is 0.355 e. The minimum absolute atomic E-state index is 0.0379. The zero-order valence-electron chi connectivity index (χ0n) is 15.3. The first-order valence-corrected chi connectivity index (χ1v) is 8.83. The molecule has 1 amide bonds. The molecule has 0 atom stereocenters. The normalized spacial score (nSPS) is 14.7. The summed E-state index contributed by atoms with van der Waals surface area (Å²) in [6.45, 7) is 5.49. The van der Waals surface area contributed by atoms with Crippen LogP contribution in [0.2, 0.25) is 0 Å². The lowest BCUT2D eigenvalue weighted by molar-refractivity contribution is -0.383. The standard InChI is InChI=1S/C18H22N6O3/c1-12-3-5-14(6-4-12)18(25)22-21-16-15(24(26)27)17(20-11-19-16)23-9-7-13(2)8-10-23/h3-6,11,13H,7-10H2,1-2H3,(H,22,25)(H,19,20,21). The second-order valence-corrected chi connectivity index (χ2v) is 6.77. The molecule has 9 nitrogen and oxygen atoms in total. The number of aryl methyl sites for hydroxylation is 1. The number of nitrogens with one attached hydrogen (secondary N) is 2. The van der Waals surface area contributed by atoms with Crippen LogP contribution in [0.4, 0.5) is 17.3 Å². The van der Waals surface area contributed by atoms with E-state index in [0.29, 0.717) is 24.6 Å². The third-order valence-electron chi connectivity index (χ3n) is 4.68. The van der Waals surface area contributed by atoms with Gasteiger partial charge in [0, 0.05) is 18.7 Å². The van der Waals surface area contributed by atoms with Crippen molar-refractivity contribution in [3.05, 3.63) is 51.8 Å². The van der Waals surface area contributed by atoms with Crippen molar-refractivity contribution in [1.29, 1.82) is 0 Å². The van der Waals surface area contributed by atoms with Crippen LogP contribution in [0.3, 0.4) is 0 Å². The summed E-state index contributed by atoms with van der Waals surface area (Å²) in [5.41, 5.74) is 6.28. The number of rotatable bonds is 5. The SMILES string of the molecule is Cc1ccc(C(=O)NNc2ncnc(N3CCC(C)CC3)c2[N+](=O)[O-])cc1. The highest BCUT2D eigenvalue weighted by molar-refractivity contribution is 5.95. The monoisotopic (exact) mass is 370 g/mol. The van der Waals surface area contributed by atoms with Gasteiger partial charge >= 0.3 is 5.69 Å². The number of amides is 1. The number of carbonyl (C=O) groups excluding carboxylic acids is 1. The van der Waals surface area contributed by atoms with Gasteiger partial charge in [-0.1, -0.05) is 24.6 Å². The molecule has 142 valence electrons. The van der Waals surface area contributed by atoms with Crippen molar-refractivity contribution in [2.45, 2.75) is 26.7 Å². The highest BCUT2D eigenvalue weighted by atomic mass is 16.6. The first-order valence-electron chi connectivity index (χ1n) is 8.83. The van der Waals surface area contributed by atoms with Gasteiger partial charge in [0.25, 0.3) is 5.91 Å². The molecule has 3 rings (SSSR count). The van der Waals surface area contributed by atoms with Crippen LogP contribution in [0.1, 0.15) is 35.7 Å². The van der Waals surface area contributed by atoms with E-state index in [4.69, 9.17) is 0 Å². The van der Waals surface area contributed by atoms with Gasteiger partial charge in [-0.2, -0.15) is 0 Å². The fourth-order valence-electron chi connectivity index (χ4n) is 2.97. The molecule has 1 saturated heterocycles. The lowest BCUT2D eigenvalue weighted by Gasteiger charge is -2.30. The molecule has 1 aromatic carbocycles. The van der Waals surface area contributed by atoms with E-state index >= 15 is 0 Å². The lowest BCUT2D eigenvalue weighted by atomic mass is 9.99. The molecule has 9 heteroatoms. The summed E-state index contributed by atoms with van der Waals surface area (Å²) in [6, 6.07) is 7.00. The van der Waals surface area contributed by atoms with Gasteiger partial charge in [0.1, 0.15) is 6.33 Å². The minimum Gasteiger partial charge on any atom is -0.351 e. The number of nitro groups is 1. The predicted molar refractivity (Wildman–Crippen MR) is 102 cm³/mol. The number of piperidine rings is 1. The van der Waals surface area contributed by atoms with Crippen LogP contribution in [-0.2, 0) is 0 Å². The molecule has 0 radical (unpaired) electrons. The molecule has 1 aliphatic heterocycles. The van der Waals surface area contributed by atoms with Gasteiger partial charge in [0.15, 0.2) is 0 Å². The minimum atomic E-state index is -0.520. The molecule has 0 bridgehead atoms. The van der Waals surface area contributed by atoms with E-state index in [1.165, 1.54) is 6.33 Å². The molecule has 27 heavy (non-hydrogen) atoms. The average Bonchev–Trinajstić information content (AvgIpc) is 2.66. The number of benzene rings is 1. The van der Waals surface area contributed by atoms with E-state index in [1.54, 1.807) is 12.1 Å². The van der Waals surface area contributed by atoms with E-state index in [2.05, 4.69) is 27.7 Å². The number of hydrogen-bond donors (Lipinski definition) is 2. The maximum atomic E-state index is 12.2. The van der Waals surface area contributed by atoms with E-state index in [-0.39, 0.29) is 17.3 Å². The van der Waals surface area contributed by atoms with Crippen molar-refractivity contribution in [2.24, 2.45) is 5.92 Å². The molecule has 0 unspecified atom stereocenters. The highest BCUT2D eigenvalue weighted by Crippen LogP contribution is 2.33. The van der Waals surface area contributed by atoms with Crippen LogP contribution < -0.4 is 15.8 Å². The number of anilines is 2. The van der Waals surface area contributed by atoms with Crippen molar-refractivity contribution in [3.63, 3.8) is 0 Å². The molecule has 2 heterocycles. The predicted octanol–water partition coefficient (Wildman–Crippen LogP) is 2.69. The summed E-state index contributed by atoms with van der Waals surface area (Å²) < 4.78 is 0. The quantitative estimate of drug-likeness (QED) is 0.614. The topological polar surface area (TPSA) is 113 Å². The molecular weight excluding hydrogens is 348 g/mol. The first kappa shape index (κ1) is 18.6. The molecule has 2 aromatic rings. The second kappa shape index (κ2) is 7.98. The summed E-state index contributed by atoms with van der Waals surface area (Å²) in [6.07, 6.45) is 3.17. The molecule has 1 aliphatic rings. The van der Waals surface area contributed by atoms with E-state index in [9.17, 15) is 14.9 Å². The number of nitrogens with zero attached hydrogens (tertiary/aromatic N) is 4. The Morgan fingerprint density at radius 3 is 2.52 bits per heavy atom.